The van der Waals surface area contributed by atoms with Gasteiger partial charge in [-0.1, -0.05) is 23.7 Å². The Morgan fingerprint density at radius 1 is 1.20 bits per heavy atom. The van der Waals surface area contributed by atoms with Crippen LogP contribution in [0.15, 0.2) is 30.3 Å². The van der Waals surface area contributed by atoms with Crippen molar-refractivity contribution in [3.8, 4) is 5.75 Å². The zero-order valence-electron chi connectivity index (χ0n) is 11.9. The average Bonchev–Trinajstić information content (AvgIpc) is 2.44. The Bertz CT molecular complexity index is 552. The molecular weight excluding hydrogens is 274 g/mol. The van der Waals surface area contributed by atoms with E-state index in [0.29, 0.717) is 11.0 Å². The van der Waals surface area contributed by atoms with E-state index >= 15 is 0 Å². The van der Waals surface area contributed by atoms with E-state index in [0.717, 1.165) is 24.7 Å². The molecule has 5 heteroatoms. The Labute approximate surface area is 124 Å². The molecule has 0 aliphatic rings. The lowest BCUT2D eigenvalue weighted by Gasteiger charge is -2.22. The van der Waals surface area contributed by atoms with Crippen molar-refractivity contribution in [3.63, 3.8) is 0 Å². The van der Waals surface area contributed by atoms with Crippen molar-refractivity contribution in [3.05, 3.63) is 46.9 Å². The number of methoxy groups -OCH3 is 1. The quantitative estimate of drug-likeness (QED) is 0.791. The molecule has 4 nitrogen and oxygen atoms in total. The van der Waals surface area contributed by atoms with Gasteiger partial charge in [-0.25, -0.2) is 9.97 Å². The fourth-order valence-electron chi connectivity index (χ4n) is 1.98. The Kier molecular flexibility index (Phi) is 4.79. The van der Waals surface area contributed by atoms with Gasteiger partial charge in [-0.3, -0.25) is 0 Å². The summed E-state index contributed by atoms with van der Waals surface area (Å²) in [6, 6.07) is 9.82. The number of hydrogen-bond donors (Lipinski definition) is 0. The van der Waals surface area contributed by atoms with Crippen molar-refractivity contribution >= 4 is 17.4 Å². The summed E-state index contributed by atoms with van der Waals surface area (Å²) >= 11 is 6.00. The smallest absolute Gasteiger partial charge is 0.134 e. The van der Waals surface area contributed by atoms with Gasteiger partial charge in [0.2, 0.25) is 0 Å². The van der Waals surface area contributed by atoms with Gasteiger partial charge >= 0.3 is 0 Å². The van der Waals surface area contributed by atoms with E-state index in [1.54, 1.807) is 13.2 Å². The number of benzene rings is 1. The van der Waals surface area contributed by atoms with E-state index in [4.69, 9.17) is 16.3 Å². The molecule has 0 bridgehead atoms. The summed E-state index contributed by atoms with van der Waals surface area (Å²) < 4.78 is 5.16. The molecule has 1 heterocycles. The third kappa shape index (κ3) is 3.61. The maximum absolute atomic E-state index is 6.00. The zero-order valence-corrected chi connectivity index (χ0v) is 12.7. The first-order valence-electron chi connectivity index (χ1n) is 6.51. The minimum absolute atomic E-state index is 0.473. The molecule has 0 radical (unpaired) electrons. The molecule has 0 fully saturated rings. The predicted octanol–water partition coefficient (Wildman–Crippen LogP) is 3.47. The summed E-state index contributed by atoms with van der Waals surface area (Å²) in [4.78, 5) is 10.7. The zero-order chi connectivity index (χ0) is 14.5. The minimum atomic E-state index is 0.473. The van der Waals surface area contributed by atoms with Crippen LogP contribution in [0.5, 0.6) is 5.75 Å². The molecule has 0 spiro atoms. The lowest BCUT2D eigenvalue weighted by molar-refractivity contribution is 0.414. The van der Waals surface area contributed by atoms with Gasteiger partial charge < -0.3 is 9.64 Å². The Morgan fingerprint density at radius 2 is 1.90 bits per heavy atom. The van der Waals surface area contributed by atoms with Gasteiger partial charge in [0, 0.05) is 19.2 Å². The highest BCUT2D eigenvalue weighted by molar-refractivity contribution is 6.29. The molecule has 0 amide bonds. The van der Waals surface area contributed by atoms with E-state index in [-0.39, 0.29) is 0 Å². The van der Waals surface area contributed by atoms with Gasteiger partial charge in [-0.05, 0) is 31.5 Å². The van der Waals surface area contributed by atoms with Crippen molar-refractivity contribution < 1.29 is 4.74 Å². The fraction of sp³-hybridized carbons (Fsp3) is 0.333. The normalized spacial score (nSPS) is 10.4. The van der Waals surface area contributed by atoms with Gasteiger partial charge in [0.05, 0.1) is 7.11 Å². The number of rotatable bonds is 5. The number of aromatic nitrogens is 2. The minimum Gasteiger partial charge on any atom is -0.497 e. The number of nitrogens with zero attached hydrogens (tertiary/aromatic N) is 3. The van der Waals surface area contributed by atoms with Crippen LogP contribution in [0, 0.1) is 6.92 Å². The summed E-state index contributed by atoms with van der Waals surface area (Å²) in [5.41, 5.74) is 1.19. The summed E-state index contributed by atoms with van der Waals surface area (Å²) in [6.45, 7) is 5.55. The van der Waals surface area contributed by atoms with Crippen LogP contribution in [0.2, 0.25) is 5.15 Å². The van der Waals surface area contributed by atoms with Crippen LogP contribution in [0.25, 0.3) is 0 Å². The summed E-state index contributed by atoms with van der Waals surface area (Å²) in [6.07, 6.45) is 0. The Morgan fingerprint density at radius 3 is 2.45 bits per heavy atom. The molecule has 0 saturated heterocycles. The number of hydrogen-bond acceptors (Lipinski definition) is 4. The SMILES string of the molecule is CCN(Cc1ccc(OC)cc1)c1cc(Cl)nc(C)n1. The fourth-order valence-corrected chi connectivity index (χ4v) is 2.20. The van der Waals surface area contributed by atoms with Crippen molar-refractivity contribution in [1.29, 1.82) is 0 Å². The van der Waals surface area contributed by atoms with Gasteiger partial charge in [0.1, 0.15) is 22.5 Å². The third-order valence-electron chi connectivity index (χ3n) is 3.03. The standard InChI is InChI=1S/C15H18ClN3O/c1-4-19(15-9-14(16)17-11(2)18-15)10-12-5-7-13(20-3)8-6-12/h5-9H,4,10H2,1-3H3. The Hall–Kier alpha value is -1.81. The molecule has 1 aromatic carbocycles. The van der Waals surface area contributed by atoms with E-state index in [1.165, 1.54) is 5.56 Å². The lowest BCUT2D eigenvalue weighted by Crippen LogP contribution is -2.23. The molecular formula is C15H18ClN3O. The summed E-state index contributed by atoms with van der Waals surface area (Å²) in [5.74, 6) is 2.39. The summed E-state index contributed by atoms with van der Waals surface area (Å²) in [7, 11) is 1.67. The van der Waals surface area contributed by atoms with E-state index in [9.17, 15) is 0 Å². The predicted molar refractivity (Wildman–Crippen MR) is 81.5 cm³/mol. The first-order chi connectivity index (χ1) is 9.62. The maximum Gasteiger partial charge on any atom is 0.134 e. The van der Waals surface area contributed by atoms with Crippen LogP contribution < -0.4 is 9.64 Å². The maximum atomic E-state index is 6.00. The molecule has 2 aromatic rings. The number of aryl methyl sites for hydroxylation is 1. The molecule has 0 atom stereocenters. The average molecular weight is 292 g/mol. The van der Waals surface area contributed by atoms with Gasteiger partial charge in [-0.15, -0.1) is 0 Å². The highest BCUT2D eigenvalue weighted by Crippen LogP contribution is 2.19. The van der Waals surface area contributed by atoms with E-state index in [2.05, 4.69) is 33.9 Å². The molecule has 0 aliphatic carbocycles. The highest BCUT2D eigenvalue weighted by Gasteiger charge is 2.09. The molecule has 0 aliphatic heterocycles. The largest absolute Gasteiger partial charge is 0.497 e. The van der Waals surface area contributed by atoms with Crippen LogP contribution in [-0.2, 0) is 6.54 Å². The summed E-state index contributed by atoms with van der Waals surface area (Å²) in [5, 5.41) is 0.473. The number of anilines is 1. The van der Waals surface area contributed by atoms with Crippen LogP contribution >= 0.6 is 11.6 Å². The molecule has 0 saturated carbocycles. The molecule has 20 heavy (non-hydrogen) atoms. The van der Waals surface area contributed by atoms with Crippen LogP contribution in [0.1, 0.15) is 18.3 Å². The molecule has 106 valence electrons. The van der Waals surface area contributed by atoms with Crippen molar-refractivity contribution in [2.45, 2.75) is 20.4 Å². The van der Waals surface area contributed by atoms with Gasteiger partial charge in [-0.2, -0.15) is 0 Å². The van der Waals surface area contributed by atoms with E-state index < -0.39 is 0 Å². The monoisotopic (exact) mass is 291 g/mol. The second kappa shape index (κ2) is 6.57. The first-order valence-corrected chi connectivity index (χ1v) is 6.89. The lowest BCUT2D eigenvalue weighted by atomic mass is 10.2. The van der Waals surface area contributed by atoms with Crippen LogP contribution in [-0.4, -0.2) is 23.6 Å². The molecule has 0 unspecified atom stereocenters. The number of ether oxygens (including phenoxy) is 1. The Balaban J connectivity index is 2.19. The molecule has 2 rings (SSSR count). The van der Waals surface area contributed by atoms with Crippen LogP contribution in [0.3, 0.4) is 0 Å². The second-order valence-corrected chi connectivity index (χ2v) is 4.85. The molecule has 1 aromatic heterocycles. The van der Waals surface area contributed by atoms with Gasteiger partial charge in [0.15, 0.2) is 0 Å². The van der Waals surface area contributed by atoms with Gasteiger partial charge in [0.25, 0.3) is 0 Å². The molecule has 0 N–H and O–H groups in total. The van der Waals surface area contributed by atoms with Crippen molar-refractivity contribution in [2.75, 3.05) is 18.6 Å². The van der Waals surface area contributed by atoms with E-state index in [1.807, 2.05) is 19.1 Å². The topological polar surface area (TPSA) is 38.2 Å². The first kappa shape index (κ1) is 14.6. The highest BCUT2D eigenvalue weighted by atomic mass is 35.5. The second-order valence-electron chi connectivity index (χ2n) is 4.46. The number of halogens is 1. The third-order valence-corrected chi connectivity index (χ3v) is 3.22. The van der Waals surface area contributed by atoms with Crippen molar-refractivity contribution in [1.82, 2.24) is 9.97 Å². The van der Waals surface area contributed by atoms with Crippen LogP contribution in [0.4, 0.5) is 5.82 Å². The van der Waals surface area contributed by atoms with Crippen molar-refractivity contribution in [2.24, 2.45) is 0 Å².